The molecule has 0 aliphatic rings. The molecule has 0 radical (unpaired) electrons. The molecule has 30 heavy (non-hydrogen) atoms. The molecule has 2 aromatic carbocycles. The molecule has 7 nitrogen and oxygen atoms in total. The number of carboxylic acid groups (broad SMARTS) is 1. The molecule has 0 atom stereocenters. The Morgan fingerprint density at radius 3 is 2.73 bits per heavy atom. The molecule has 0 saturated heterocycles. The Hall–Kier alpha value is -4.20. The molecule has 0 unspecified atom stereocenters. The molecule has 148 valence electrons. The number of hydrogen-bond donors (Lipinski definition) is 2. The van der Waals surface area contributed by atoms with Crippen LogP contribution in [0.2, 0.25) is 0 Å². The average Bonchev–Trinajstić information content (AvgIpc) is 3.29. The zero-order chi connectivity index (χ0) is 20.8. The number of aromatic amines is 1. The second kappa shape index (κ2) is 6.70. The van der Waals surface area contributed by atoms with Gasteiger partial charge in [0.05, 0.1) is 28.0 Å². The summed E-state index contributed by atoms with van der Waals surface area (Å²) in [5.74, 6) is -0.974. The van der Waals surface area contributed by atoms with Crippen LogP contribution in [-0.2, 0) is 7.05 Å². The fourth-order valence-electron chi connectivity index (χ4n) is 3.57. The van der Waals surface area contributed by atoms with E-state index < -0.39 is 11.8 Å². The molecule has 0 bridgehead atoms. The van der Waals surface area contributed by atoms with Crippen molar-refractivity contribution in [3.63, 3.8) is 0 Å². The first kappa shape index (κ1) is 17.9. The fourth-order valence-corrected chi connectivity index (χ4v) is 3.57. The number of carboxylic acids is 1. The maximum absolute atomic E-state index is 14.0. The van der Waals surface area contributed by atoms with Gasteiger partial charge in [0.2, 0.25) is 0 Å². The van der Waals surface area contributed by atoms with Crippen molar-refractivity contribution >= 4 is 27.9 Å². The zero-order valence-electron chi connectivity index (χ0n) is 15.8. The van der Waals surface area contributed by atoms with Crippen LogP contribution in [0.5, 0.6) is 11.5 Å². The van der Waals surface area contributed by atoms with Gasteiger partial charge in [0.25, 0.3) is 0 Å². The van der Waals surface area contributed by atoms with Gasteiger partial charge in [-0.25, -0.2) is 9.18 Å². The van der Waals surface area contributed by atoms with Crippen molar-refractivity contribution in [3.05, 3.63) is 72.2 Å². The van der Waals surface area contributed by atoms with Crippen LogP contribution >= 0.6 is 0 Å². The molecular formula is C22H15FN4O3. The van der Waals surface area contributed by atoms with Gasteiger partial charge in [-0.3, -0.25) is 9.67 Å². The van der Waals surface area contributed by atoms with Crippen LogP contribution in [-0.4, -0.2) is 30.8 Å². The number of H-pyrrole nitrogens is 1. The highest BCUT2D eigenvalue weighted by Crippen LogP contribution is 2.36. The van der Waals surface area contributed by atoms with Gasteiger partial charge in [0.1, 0.15) is 5.52 Å². The van der Waals surface area contributed by atoms with Gasteiger partial charge < -0.3 is 14.8 Å². The third-order valence-corrected chi connectivity index (χ3v) is 4.89. The van der Waals surface area contributed by atoms with Gasteiger partial charge in [0, 0.05) is 18.6 Å². The Labute approximate surface area is 169 Å². The molecule has 2 N–H and O–H groups in total. The molecular weight excluding hydrogens is 387 g/mol. The Kier molecular flexibility index (Phi) is 3.99. The highest BCUT2D eigenvalue weighted by Gasteiger charge is 2.19. The van der Waals surface area contributed by atoms with Crippen molar-refractivity contribution in [1.29, 1.82) is 0 Å². The number of fused-ring (bicyclic) bond motifs is 2. The van der Waals surface area contributed by atoms with E-state index in [0.29, 0.717) is 28.0 Å². The molecule has 8 heteroatoms. The number of benzene rings is 2. The molecule has 5 rings (SSSR count). The van der Waals surface area contributed by atoms with E-state index in [2.05, 4.69) is 15.1 Å². The van der Waals surface area contributed by atoms with Crippen molar-refractivity contribution in [1.82, 2.24) is 19.7 Å². The first-order chi connectivity index (χ1) is 14.5. The minimum atomic E-state index is -1.04. The summed E-state index contributed by atoms with van der Waals surface area (Å²) >= 11 is 0. The lowest BCUT2D eigenvalue weighted by atomic mass is 10.1. The van der Waals surface area contributed by atoms with E-state index in [1.807, 2.05) is 6.07 Å². The second-order valence-corrected chi connectivity index (χ2v) is 6.76. The average molecular weight is 402 g/mol. The number of hydrogen-bond acceptors (Lipinski definition) is 4. The molecule has 0 saturated carbocycles. The first-order valence-corrected chi connectivity index (χ1v) is 9.12. The highest BCUT2D eigenvalue weighted by molar-refractivity contribution is 6.03. The van der Waals surface area contributed by atoms with Gasteiger partial charge in [-0.2, -0.15) is 5.10 Å². The number of para-hydroxylation sites is 1. The summed E-state index contributed by atoms with van der Waals surface area (Å²) in [7, 11) is 1.78. The van der Waals surface area contributed by atoms with Crippen LogP contribution in [0.3, 0.4) is 0 Å². The van der Waals surface area contributed by atoms with Gasteiger partial charge in [-0.1, -0.05) is 24.3 Å². The third kappa shape index (κ3) is 2.77. The smallest absolute Gasteiger partial charge is 0.337 e. The van der Waals surface area contributed by atoms with Crippen LogP contribution in [0.1, 0.15) is 10.4 Å². The topological polar surface area (TPSA) is 93.0 Å². The monoisotopic (exact) mass is 402 g/mol. The predicted molar refractivity (Wildman–Crippen MR) is 109 cm³/mol. The quantitative estimate of drug-likeness (QED) is 0.453. The molecule has 5 aromatic rings. The van der Waals surface area contributed by atoms with E-state index in [1.165, 1.54) is 18.3 Å². The van der Waals surface area contributed by atoms with E-state index in [1.54, 1.807) is 48.1 Å². The van der Waals surface area contributed by atoms with Crippen LogP contribution in [0.15, 0.2) is 60.8 Å². The van der Waals surface area contributed by atoms with Crippen molar-refractivity contribution in [2.75, 3.05) is 0 Å². The Morgan fingerprint density at radius 2 is 1.93 bits per heavy atom. The summed E-state index contributed by atoms with van der Waals surface area (Å²) in [6.45, 7) is 0. The first-order valence-electron chi connectivity index (χ1n) is 9.12. The van der Waals surface area contributed by atoms with Crippen LogP contribution in [0.25, 0.3) is 33.3 Å². The minimum absolute atomic E-state index is 0.109. The molecule has 0 fully saturated rings. The zero-order valence-corrected chi connectivity index (χ0v) is 15.8. The second-order valence-electron chi connectivity index (χ2n) is 6.76. The summed E-state index contributed by atoms with van der Waals surface area (Å²) in [6.07, 6.45) is 1.46. The predicted octanol–water partition coefficient (Wildman–Crippen LogP) is 4.75. The highest BCUT2D eigenvalue weighted by atomic mass is 19.1. The summed E-state index contributed by atoms with van der Waals surface area (Å²) in [4.78, 5) is 18.9. The number of halogens is 1. The van der Waals surface area contributed by atoms with Gasteiger partial charge >= 0.3 is 5.97 Å². The molecule has 0 amide bonds. The van der Waals surface area contributed by atoms with E-state index in [-0.39, 0.29) is 11.3 Å². The summed E-state index contributed by atoms with van der Waals surface area (Å²) in [6, 6.07) is 14.8. The number of pyridine rings is 1. The van der Waals surface area contributed by atoms with Crippen molar-refractivity contribution in [2.24, 2.45) is 7.05 Å². The van der Waals surface area contributed by atoms with Gasteiger partial charge in [-0.05, 0) is 30.3 Å². The minimum Gasteiger partial charge on any atom is -0.478 e. The maximum Gasteiger partial charge on any atom is 0.337 e. The lowest BCUT2D eigenvalue weighted by Gasteiger charge is -2.06. The number of aromatic carboxylic acids is 1. The normalized spacial score (nSPS) is 11.3. The van der Waals surface area contributed by atoms with Gasteiger partial charge in [-0.15, -0.1) is 0 Å². The third-order valence-electron chi connectivity index (χ3n) is 4.89. The SMILES string of the molecule is Cn1nc2c(Oc3ccccc3F)cccc2c1-c1cc2nccc(C(=O)O)c2[nH]1. The van der Waals surface area contributed by atoms with Crippen LogP contribution in [0, 0.1) is 5.82 Å². The van der Waals surface area contributed by atoms with E-state index in [4.69, 9.17) is 4.74 Å². The van der Waals surface area contributed by atoms with E-state index >= 15 is 0 Å². The number of aromatic nitrogens is 4. The molecule has 0 aliphatic carbocycles. The number of rotatable bonds is 4. The van der Waals surface area contributed by atoms with E-state index in [9.17, 15) is 14.3 Å². The molecule has 0 spiro atoms. The van der Waals surface area contributed by atoms with Crippen molar-refractivity contribution in [3.8, 4) is 22.9 Å². The molecule has 3 heterocycles. The van der Waals surface area contributed by atoms with Gasteiger partial charge in [0.15, 0.2) is 17.3 Å². The summed E-state index contributed by atoms with van der Waals surface area (Å²) in [5.41, 5.74) is 3.08. The fraction of sp³-hybridized carbons (Fsp3) is 0.0455. The number of carbonyl (C=O) groups is 1. The number of nitrogens with zero attached hydrogens (tertiary/aromatic N) is 3. The number of aryl methyl sites for hydroxylation is 1. The molecule has 3 aromatic heterocycles. The van der Waals surface area contributed by atoms with Crippen LogP contribution in [0.4, 0.5) is 4.39 Å². The van der Waals surface area contributed by atoms with E-state index in [0.717, 1.165) is 11.1 Å². The van der Waals surface area contributed by atoms with Crippen LogP contribution < -0.4 is 4.74 Å². The van der Waals surface area contributed by atoms with Crippen molar-refractivity contribution < 1.29 is 19.0 Å². The summed E-state index contributed by atoms with van der Waals surface area (Å²) < 4.78 is 21.5. The molecule has 0 aliphatic heterocycles. The summed E-state index contributed by atoms with van der Waals surface area (Å²) in [5, 5.41) is 14.8. The number of nitrogens with one attached hydrogen (secondary N) is 1. The Bertz CT molecular complexity index is 1440. The number of ether oxygens (including phenoxy) is 1. The lowest BCUT2D eigenvalue weighted by molar-refractivity contribution is 0.0698. The standard InChI is InChI=1S/C22H15FN4O3/c1-27-21(16-11-15-19(25-16)13(22(28)29)9-10-24-15)12-5-4-8-18(20(12)26-27)30-17-7-3-2-6-14(17)23/h2-11,25H,1H3,(H,28,29). The largest absolute Gasteiger partial charge is 0.478 e. The Morgan fingerprint density at radius 1 is 1.13 bits per heavy atom. The maximum atomic E-state index is 14.0. The lowest BCUT2D eigenvalue weighted by Crippen LogP contribution is -1.98. The van der Waals surface area contributed by atoms with Crippen molar-refractivity contribution in [2.45, 2.75) is 0 Å². The Balaban J connectivity index is 1.67.